The molecule has 3 aromatic carbocycles. The number of halogens is 2. The van der Waals surface area contributed by atoms with Gasteiger partial charge in [0, 0.05) is 18.0 Å². The van der Waals surface area contributed by atoms with Crippen LogP contribution in [0.1, 0.15) is 64.3 Å². The smallest absolute Gasteiger partial charge is 0.407 e. The summed E-state index contributed by atoms with van der Waals surface area (Å²) in [5, 5.41) is 4.70. The molecule has 5 aromatic rings. The maximum atomic E-state index is 14.9. The van der Waals surface area contributed by atoms with Crippen molar-refractivity contribution >= 4 is 53.8 Å². The maximum Gasteiger partial charge on any atom is 0.407 e. The van der Waals surface area contributed by atoms with Crippen LogP contribution in [-0.4, -0.2) is 101 Å². The molecule has 7 rings (SSSR count). The largest absolute Gasteiger partial charge is 0.469 e. The summed E-state index contributed by atoms with van der Waals surface area (Å²) in [4.78, 5) is 71.1. The molecular weight excluding hydrogens is 789 g/mol. The summed E-state index contributed by atoms with van der Waals surface area (Å²) in [6.45, 7) is 11.2. The molecule has 318 valence electrons. The number of likely N-dealkylation sites (tertiary alicyclic amines) is 1. The summed E-state index contributed by atoms with van der Waals surface area (Å²) >= 11 is 0. The standard InChI is InChI=1S/C44H53F2N7O6Si/c1-24(2)31(18-36(54)58-5)41(55)52-22-44(45,46)19-34(52)39-47-20-33(49-39)27-11-9-26(10-12-27)28-13-15-30-29(17-28)14-16-32-38(30)50-40(48-32)35-21-60(7,8)23-53(35)42(56)37(25(3)4)51-43(57)59-6/h9-17,20,24-25,31,34-35,37H,18-19,21-23H2,1-8H3,(H,47,49)(H,48,50)(H,51,57)/t31-,34-,35-,37-/m0/s1. The number of rotatable bonds is 11. The molecule has 2 aliphatic heterocycles. The molecule has 4 atom stereocenters. The molecule has 16 heteroatoms. The Kier molecular flexibility index (Phi) is 11.6. The van der Waals surface area contributed by atoms with Gasteiger partial charge in [-0.25, -0.2) is 23.5 Å². The Bertz CT molecular complexity index is 2430. The molecule has 4 heterocycles. The van der Waals surface area contributed by atoms with E-state index >= 15 is 0 Å². The lowest BCUT2D eigenvalue weighted by atomic mass is 9.91. The summed E-state index contributed by atoms with van der Waals surface area (Å²) in [6.07, 6.45) is 0.838. The van der Waals surface area contributed by atoms with Gasteiger partial charge in [0.15, 0.2) is 0 Å². The average molecular weight is 842 g/mol. The van der Waals surface area contributed by atoms with Gasteiger partial charge in [0.25, 0.3) is 5.92 Å². The molecule has 0 bridgehead atoms. The molecule has 2 aliphatic rings. The highest BCUT2D eigenvalue weighted by Crippen LogP contribution is 2.43. The minimum Gasteiger partial charge on any atom is -0.469 e. The van der Waals surface area contributed by atoms with Gasteiger partial charge in [0.1, 0.15) is 17.7 Å². The van der Waals surface area contributed by atoms with E-state index in [1.165, 1.54) is 14.2 Å². The number of benzene rings is 3. The zero-order valence-electron chi connectivity index (χ0n) is 35.3. The third kappa shape index (κ3) is 8.51. The van der Waals surface area contributed by atoms with Crippen LogP contribution < -0.4 is 5.32 Å². The molecule has 0 radical (unpaired) electrons. The SMILES string of the molecule is COC(=O)C[C@H](C(=O)N1CC(F)(F)C[C@H]1c1ncc(-c2ccc(-c3ccc4c(ccc5[nH]c([C@@H]6C[Si](C)(C)CN6C(=O)[C@@H](NC(=O)OC)C(C)C)nc54)c3)cc2)[nH]1)C(C)C. The number of H-pyrrole nitrogens is 2. The van der Waals surface area contributed by atoms with Crippen LogP contribution in [0.15, 0.2) is 60.8 Å². The highest BCUT2D eigenvalue weighted by molar-refractivity contribution is 6.78. The first kappa shape index (κ1) is 42.5. The van der Waals surface area contributed by atoms with Crippen molar-refractivity contribution in [3.05, 3.63) is 72.4 Å². The number of esters is 1. The number of methoxy groups -OCH3 is 2. The summed E-state index contributed by atoms with van der Waals surface area (Å²) in [5.74, 6) is -4.55. The highest BCUT2D eigenvalue weighted by Gasteiger charge is 2.50. The molecule has 13 nitrogen and oxygen atoms in total. The number of nitrogens with zero attached hydrogens (tertiary/aromatic N) is 4. The molecular formula is C44H53F2N7O6Si. The van der Waals surface area contributed by atoms with Crippen LogP contribution in [0.4, 0.5) is 13.6 Å². The van der Waals surface area contributed by atoms with Crippen LogP contribution in [0.2, 0.25) is 19.1 Å². The van der Waals surface area contributed by atoms with Gasteiger partial charge in [0.05, 0.1) is 76.2 Å². The number of alkyl halides is 2. The topological polar surface area (TPSA) is 163 Å². The quantitative estimate of drug-likeness (QED) is 0.0890. The Morgan fingerprint density at radius 1 is 0.867 bits per heavy atom. The Morgan fingerprint density at radius 3 is 2.23 bits per heavy atom. The van der Waals surface area contributed by atoms with Crippen LogP contribution in [0.3, 0.4) is 0 Å². The molecule has 2 fully saturated rings. The highest BCUT2D eigenvalue weighted by atomic mass is 28.3. The fourth-order valence-electron chi connectivity index (χ4n) is 8.65. The van der Waals surface area contributed by atoms with Crippen molar-refractivity contribution < 1.29 is 37.4 Å². The van der Waals surface area contributed by atoms with Crippen molar-refractivity contribution in [3.63, 3.8) is 0 Å². The minimum absolute atomic E-state index is 0.138. The molecule has 0 aliphatic carbocycles. The first-order valence-electron chi connectivity index (χ1n) is 20.4. The fraction of sp³-hybridized carbons (Fsp3) is 0.455. The van der Waals surface area contributed by atoms with Crippen molar-refractivity contribution in [1.29, 1.82) is 0 Å². The monoisotopic (exact) mass is 841 g/mol. The van der Waals surface area contributed by atoms with Crippen molar-refractivity contribution in [2.75, 3.05) is 26.9 Å². The second-order valence-electron chi connectivity index (χ2n) is 17.7. The molecule has 3 N–H and O–H groups in total. The number of hydrogen-bond donors (Lipinski definition) is 3. The maximum absolute atomic E-state index is 14.9. The first-order valence-corrected chi connectivity index (χ1v) is 23.8. The van der Waals surface area contributed by atoms with Crippen LogP contribution in [0, 0.1) is 17.8 Å². The van der Waals surface area contributed by atoms with Gasteiger partial charge >= 0.3 is 12.1 Å². The second kappa shape index (κ2) is 16.4. The van der Waals surface area contributed by atoms with Crippen LogP contribution in [-0.2, 0) is 23.9 Å². The van der Waals surface area contributed by atoms with Gasteiger partial charge in [-0.1, -0.05) is 83.3 Å². The number of aromatic amines is 2. The van der Waals surface area contributed by atoms with Crippen molar-refractivity contribution in [3.8, 4) is 22.4 Å². The molecule has 0 spiro atoms. The Labute approximate surface area is 348 Å². The summed E-state index contributed by atoms with van der Waals surface area (Å²) < 4.78 is 39.3. The summed E-state index contributed by atoms with van der Waals surface area (Å²) in [6, 6.07) is 17.0. The van der Waals surface area contributed by atoms with Crippen molar-refractivity contribution in [2.24, 2.45) is 17.8 Å². The third-order valence-electron chi connectivity index (χ3n) is 11.9. The normalized spacial score (nSPS) is 19.6. The molecule has 3 amide bonds. The van der Waals surface area contributed by atoms with Gasteiger partial charge in [-0.3, -0.25) is 14.4 Å². The number of imidazole rings is 2. The van der Waals surface area contributed by atoms with E-state index in [9.17, 15) is 28.0 Å². The predicted octanol–water partition coefficient (Wildman–Crippen LogP) is 8.03. The van der Waals surface area contributed by atoms with Crippen molar-refractivity contribution in [2.45, 2.75) is 83.7 Å². The van der Waals surface area contributed by atoms with Gasteiger partial charge in [-0.05, 0) is 52.1 Å². The van der Waals surface area contributed by atoms with E-state index in [2.05, 4.69) is 45.5 Å². The number of aromatic nitrogens is 4. The number of ether oxygens (including phenoxy) is 2. The summed E-state index contributed by atoms with van der Waals surface area (Å²) in [5.41, 5.74) is 5.06. The van der Waals surface area contributed by atoms with Crippen LogP contribution in [0.5, 0.6) is 0 Å². The second-order valence-corrected chi connectivity index (χ2v) is 22.7. The van der Waals surface area contributed by atoms with Crippen molar-refractivity contribution in [1.82, 2.24) is 35.1 Å². The lowest BCUT2D eigenvalue weighted by molar-refractivity contribution is -0.149. The summed E-state index contributed by atoms with van der Waals surface area (Å²) in [7, 11) is 0.720. The molecule has 2 aromatic heterocycles. The molecule has 0 saturated carbocycles. The van der Waals surface area contributed by atoms with E-state index in [1.807, 2.05) is 61.2 Å². The molecule has 60 heavy (non-hydrogen) atoms. The zero-order chi connectivity index (χ0) is 43.3. The fourth-order valence-corrected chi connectivity index (χ4v) is 11.5. The van der Waals surface area contributed by atoms with Gasteiger partial charge < -0.3 is 34.6 Å². The molecule has 0 unspecified atom stereocenters. The van der Waals surface area contributed by atoms with Gasteiger partial charge in [-0.15, -0.1) is 0 Å². The van der Waals surface area contributed by atoms with E-state index in [1.54, 1.807) is 20.0 Å². The number of fused-ring (bicyclic) bond motifs is 3. The van der Waals surface area contributed by atoms with E-state index in [-0.39, 0.29) is 36.0 Å². The lowest BCUT2D eigenvalue weighted by Gasteiger charge is -2.30. The average Bonchev–Trinajstić information content (AvgIpc) is 4.01. The van der Waals surface area contributed by atoms with E-state index in [4.69, 9.17) is 14.5 Å². The first-order chi connectivity index (χ1) is 28.4. The Hall–Kier alpha value is -5.64. The zero-order valence-corrected chi connectivity index (χ0v) is 36.3. The number of alkyl carbamates (subject to hydrolysis) is 1. The van der Waals surface area contributed by atoms with Gasteiger partial charge in [0.2, 0.25) is 11.8 Å². The number of carbonyl (C=O) groups is 4. The van der Waals surface area contributed by atoms with E-state index < -0.39 is 62.9 Å². The van der Waals surface area contributed by atoms with Crippen LogP contribution >= 0.6 is 0 Å². The number of carbonyl (C=O) groups excluding carboxylic acids is 4. The number of amides is 3. The molecule has 2 saturated heterocycles. The third-order valence-corrected chi connectivity index (χ3v) is 14.6. The lowest BCUT2D eigenvalue weighted by Crippen LogP contribution is -2.52. The van der Waals surface area contributed by atoms with Crippen LogP contribution in [0.25, 0.3) is 44.2 Å². The van der Waals surface area contributed by atoms with Gasteiger partial charge in [-0.2, -0.15) is 0 Å². The Morgan fingerprint density at radius 2 is 1.57 bits per heavy atom. The minimum atomic E-state index is -3.11. The number of hydrogen-bond acceptors (Lipinski definition) is 8. The van der Waals surface area contributed by atoms with E-state index in [0.717, 1.165) is 55.3 Å². The van der Waals surface area contributed by atoms with E-state index in [0.29, 0.717) is 11.9 Å². The number of nitrogens with one attached hydrogen (secondary N) is 3. The predicted molar refractivity (Wildman–Crippen MR) is 227 cm³/mol. The Balaban J connectivity index is 1.11.